The van der Waals surface area contributed by atoms with Gasteiger partial charge in [-0.1, -0.05) is 20.3 Å². The van der Waals surface area contributed by atoms with Crippen LogP contribution in [0.5, 0.6) is 0 Å². The van der Waals surface area contributed by atoms with Gasteiger partial charge in [-0.2, -0.15) is 0 Å². The molecule has 1 aliphatic rings. The maximum Gasteiger partial charge on any atom is 0.311 e. The fraction of sp³-hybridized carbons (Fsp3) is 0.833. The van der Waals surface area contributed by atoms with Crippen molar-refractivity contribution in [2.75, 3.05) is 6.54 Å². The minimum Gasteiger partial charge on any atom is -0.481 e. The van der Waals surface area contributed by atoms with Gasteiger partial charge < -0.3 is 16.2 Å². The van der Waals surface area contributed by atoms with Crippen molar-refractivity contribution in [2.24, 2.45) is 17.1 Å². The van der Waals surface area contributed by atoms with Gasteiger partial charge in [-0.25, -0.2) is 0 Å². The monoisotopic (exact) mass is 242 g/mol. The lowest BCUT2D eigenvalue weighted by Crippen LogP contribution is -2.48. The van der Waals surface area contributed by atoms with Gasteiger partial charge in [0.15, 0.2) is 0 Å². The van der Waals surface area contributed by atoms with Crippen LogP contribution in [0.2, 0.25) is 0 Å². The number of hydrogen-bond acceptors (Lipinski definition) is 3. The first-order valence-electron chi connectivity index (χ1n) is 6.13. The fourth-order valence-corrected chi connectivity index (χ4v) is 1.86. The van der Waals surface area contributed by atoms with Crippen LogP contribution in [0.3, 0.4) is 0 Å². The highest BCUT2D eigenvalue weighted by Gasteiger charge is 2.44. The zero-order valence-corrected chi connectivity index (χ0v) is 10.5. The van der Waals surface area contributed by atoms with Crippen molar-refractivity contribution in [3.63, 3.8) is 0 Å². The van der Waals surface area contributed by atoms with Crippen molar-refractivity contribution < 1.29 is 14.7 Å². The molecule has 1 rings (SSSR count). The van der Waals surface area contributed by atoms with Gasteiger partial charge in [-0.05, 0) is 18.8 Å². The lowest BCUT2D eigenvalue weighted by atomic mass is 9.69. The highest BCUT2D eigenvalue weighted by Crippen LogP contribution is 2.40. The second-order valence-corrected chi connectivity index (χ2v) is 5.33. The summed E-state index contributed by atoms with van der Waals surface area (Å²) in [6, 6.07) is -0.169. The Morgan fingerprint density at radius 1 is 1.41 bits per heavy atom. The summed E-state index contributed by atoms with van der Waals surface area (Å²) in [4.78, 5) is 22.7. The second-order valence-electron chi connectivity index (χ2n) is 5.33. The van der Waals surface area contributed by atoms with E-state index in [-0.39, 0.29) is 30.8 Å². The van der Waals surface area contributed by atoms with Crippen LogP contribution in [0.25, 0.3) is 0 Å². The lowest BCUT2D eigenvalue weighted by molar-refractivity contribution is -0.154. The molecule has 17 heavy (non-hydrogen) atoms. The summed E-state index contributed by atoms with van der Waals surface area (Å²) in [7, 11) is 0. The molecular weight excluding hydrogens is 220 g/mol. The largest absolute Gasteiger partial charge is 0.481 e. The molecule has 4 N–H and O–H groups in total. The van der Waals surface area contributed by atoms with Gasteiger partial charge in [0.2, 0.25) is 5.91 Å². The summed E-state index contributed by atoms with van der Waals surface area (Å²) in [6.07, 6.45) is 2.48. The van der Waals surface area contributed by atoms with E-state index in [1.54, 1.807) is 0 Å². The highest BCUT2D eigenvalue weighted by atomic mass is 16.4. The Morgan fingerprint density at radius 3 is 2.35 bits per heavy atom. The van der Waals surface area contributed by atoms with Gasteiger partial charge in [0, 0.05) is 19.0 Å². The summed E-state index contributed by atoms with van der Waals surface area (Å²) in [6.45, 7) is 4.15. The summed E-state index contributed by atoms with van der Waals surface area (Å²) < 4.78 is 0. The third-order valence-electron chi connectivity index (χ3n) is 3.67. The van der Waals surface area contributed by atoms with Crippen LogP contribution in [-0.4, -0.2) is 29.6 Å². The molecule has 1 aliphatic carbocycles. The average Bonchev–Trinajstić information content (AvgIpc) is 2.14. The first kappa shape index (κ1) is 14.0. The van der Waals surface area contributed by atoms with E-state index >= 15 is 0 Å². The van der Waals surface area contributed by atoms with E-state index in [4.69, 9.17) is 10.8 Å². The Hall–Kier alpha value is -1.10. The molecule has 1 fully saturated rings. The molecule has 0 saturated heterocycles. The minimum atomic E-state index is -0.808. The molecule has 5 heteroatoms. The number of carboxylic acid groups (broad SMARTS) is 1. The van der Waals surface area contributed by atoms with Gasteiger partial charge in [-0.15, -0.1) is 0 Å². The van der Waals surface area contributed by atoms with E-state index in [0.29, 0.717) is 12.8 Å². The van der Waals surface area contributed by atoms with Crippen LogP contribution in [0, 0.1) is 11.3 Å². The molecule has 0 aromatic heterocycles. The predicted octanol–water partition coefficient (Wildman–Crippen LogP) is 0.731. The van der Waals surface area contributed by atoms with Crippen molar-refractivity contribution in [3.8, 4) is 0 Å². The molecule has 0 bridgehead atoms. The number of carboxylic acids is 1. The lowest BCUT2D eigenvalue weighted by Gasteiger charge is -2.37. The Bertz CT molecular complexity index is 298. The van der Waals surface area contributed by atoms with Crippen LogP contribution in [0.1, 0.15) is 39.5 Å². The Balaban J connectivity index is 2.35. The van der Waals surface area contributed by atoms with Crippen molar-refractivity contribution >= 4 is 11.9 Å². The molecule has 0 aromatic carbocycles. The molecule has 1 unspecified atom stereocenters. The van der Waals surface area contributed by atoms with Gasteiger partial charge in [0.05, 0.1) is 5.41 Å². The smallest absolute Gasteiger partial charge is 0.311 e. The van der Waals surface area contributed by atoms with E-state index in [1.165, 1.54) is 0 Å². The molecule has 0 spiro atoms. The third kappa shape index (κ3) is 3.43. The Labute approximate surface area is 102 Å². The highest BCUT2D eigenvalue weighted by molar-refractivity contribution is 5.80. The fourth-order valence-electron chi connectivity index (χ4n) is 1.86. The summed E-state index contributed by atoms with van der Waals surface area (Å²) >= 11 is 0. The van der Waals surface area contributed by atoms with Crippen LogP contribution in [0.15, 0.2) is 0 Å². The molecule has 5 nitrogen and oxygen atoms in total. The summed E-state index contributed by atoms with van der Waals surface area (Å²) in [5.41, 5.74) is 5.06. The molecular formula is C12H22N2O3. The van der Waals surface area contributed by atoms with E-state index in [1.807, 2.05) is 13.8 Å². The van der Waals surface area contributed by atoms with Crippen LogP contribution >= 0.6 is 0 Å². The molecule has 0 aliphatic heterocycles. The van der Waals surface area contributed by atoms with Gasteiger partial charge in [0.1, 0.15) is 0 Å². The molecule has 0 radical (unpaired) electrons. The van der Waals surface area contributed by atoms with E-state index in [2.05, 4.69) is 5.32 Å². The number of aliphatic carboxylic acids is 1. The van der Waals surface area contributed by atoms with Crippen molar-refractivity contribution in [1.82, 2.24) is 5.32 Å². The second kappa shape index (κ2) is 5.49. The molecule has 1 saturated carbocycles. The van der Waals surface area contributed by atoms with Crippen molar-refractivity contribution in [3.05, 3.63) is 0 Å². The summed E-state index contributed by atoms with van der Waals surface area (Å²) in [5.74, 6) is -0.714. The molecule has 98 valence electrons. The number of hydrogen-bond donors (Lipinski definition) is 3. The standard InChI is InChI=1S/C12H22N2O3/c1-8(2)9(13)6-10(15)14-7-12(11(16)17)4-3-5-12/h8-9H,3-7,13H2,1-2H3,(H,14,15)(H,16,17). The number of carbonyl (C=O) groups excluding carboxylic acids is 1. The maximum absolute atomic E-state index is 11.6. The first-order chi connectivity index (χ1) is 7.87. The van der Waals surface area contributed by atoms with Crippen LogP contribution in [-0.2, 0) is 9.59 Å². The third-order valence-corrected chi connectivity index (χ3v) is 3.67. The number of carbonyl (C=O) groups is 2. The number of rotatable bonds is 6. The Morgan fingerprint density at radius 2 is 2.00 bits per heavy atom. The minimum absolute atomic E-state index is 0.154. The number of nitrogens with two attached hydrogens (primary N) is 1. The quantitative estimate of drug-likeness (QED) is 0.640. The Kier molecular flexibility index (Phi) is 4.51. The predicted molar refractivity (Wildman–Crippen MR) is 64.4 cm³/mol. The molecule has 1 amide bonds. The maximum atomic E-state index is 11.6. The van der Waals surface area contributed by atoms with E-state index in [0.717, 1.165) is 6.42 Å². The van der Waals surface area contributed by atoms with Crippen molar-refractivity contribution in [2.45, 2.75) is 45.6 Å². The van der Waals surface area contributed by atoms with Gasteiger partial charge in [-0.3, -0.25) is 9.59 Å². The van der Waals surface area contributed by atoms with E-state index in [9.17, 15) is 9.59 Å². The number of nitrogens with one attached hydrogen (secondary N) is 1. The first-order valence-corrected chi connectivity index (χ1v) is 6.13. The van der Waals surface area contributed by atoms with Crippen LogP contribution < -0.4 is 11.1 Å². The van der Waals surface area contributed by atoms with Gasteiger partial charge in [0.25, 0.3) is 0 Å². The van der Waals surface area contributed by atoms with Crippen LogP contribution in [0.4, 0.5) is 0 Å². The molecule has 0 heterocycles. The van der Waals surface area contributed by atoms with E-state index < -0.39 is 11.4 Å². The number of amides is 1. The zero-order chi connectivity index (χ0) is 13.1. The average molecular weight is 242 g/mol. The van der Waals surface area contributed by atoms with Crippen molar-refractivity contribution in [1.29, 1.82) is 0 Å². The summed E-state index contributed by atoms with van der Waals surface area (Å²) in [5, 5.41) is 11.8. The zero-order valence-electron chi connectivity index (χ0n) is 10.5. The molecule has 1 atom stereocenters. The SMILES string of the molecule is CC(C)C(N)CC(=O)NCC1(C(=O)O)CCC1. The molecule has 0 aromatic rings. The topological polar surface area (TPSA) is 92.4 Å². The normalized spacial score (nSPS) is 19.5. The van der Waals surface area contributed by atoms with Gasteiger partial charge >= 0.3 is 5.97 Å².